The van der Waals surface area contributed by atoms with Crippen LogP contribution in [0.2, 0.25) is 0 Å². The molecule has 0 bridgehead atoms. The normalized spacial score (nSPS) is 11.9. The Bertz CT molecular complexity index is 584. The van der Waals surface area contributed by atoms with Crippen molar-refractivity contribution in [1.29, 1.82) is 0 Å². The quantitative estimate of drug-likeness (QED) is 0.627. The zero-order valence-corrected chi connectivity index (χ0v) is 12.0. The molecule has 0 aromatic heterocycles. The summed E-state index contributed by atoms with van der Waals surface area (Å²) >= 11 is 0. The number of carbonyl (C=O) groups is 1. The first-order valence-corrected chi connectivity index (χ1v) is 6.89. The lowest BCUT2D eigenvalue weighted by Gasteiger charge is -2.14. The standard InChI is InChI=1S/C17H19NO3/c1-2-20-17(18)16(19)14-10-6-7-11-15(14)21-12-13-8-4-3-5-9-13/h3-11,17H,2,12,18H2,1H3. The molecule has 4 nitrogen and oxygen atoms in total. The summed E-state index contributed by atoms with van der Waals surface area (Å²) in [7, 11) is 0. The first kappa shape index (κ1) is 15.2. The molecule has 1 atom stereocenters. The van der Waals surface area contributed by atoms with Crippen LogP contribution in [0.3, 0.4) is 0 Å². The van der Waals surface area contributed by atoms with Gasteiger partial charge in [0.1, 0.15) is 12.4 Å². The Kier molecular flexibility index (Phi) is 5.49. The van der Waals surface area contributed by atoms with Crippen molar-refractivity contribution < 1.29 is 14.3 Å². The summed E-state index contributed by atoms with van der Waals surface area (Å²) in [5.41, 5.74) is 7.18. The van der Waals surface area contributed by atoms with Crippen LogP contribution in [0, 0.1) is 0 Å². The molecule has 0 amide bonds. The third-order valence-electron chi connectivity index (χ3n) is 2.99. The van der Waals surface area contributed by atoms with E-state index in [0.717, 1.165) is 5.56 Å². The zero-order chi connectivity index (χ0) is 15.1. The number of carbonyl (C=O) groups excluding carboxylic acids is 1. The Hall–Kier alpha value is -2.17. The van der Waals surface area contributed by atoms with Gasteiger partial charge in [0, 0.05) is 6.61 Å². The summed E-state index contributed by atoms with van der Waals surface area (Å²) in [6.45, 7) is 2.58. The lowest BCUT2D eigenvalue weighted by Crippen LogP contribution is -2.33. The monoisotopic (exact) mass is 285 g/mol. The van der Waals surface area contributed by atoms with Crippen LogP contribution in [-0.2, 0) is 11.3 Å². The average Bonchev–Trinajstić information content (AvgIpc) is 2.54. The van der Waals surface area contributed by atoms with E-state index in [4.69, 9.17) is 15.2 Å². The highest BCUT2D eigenvalue weighted by molar-refractivity contribution is 6.01. The van der Waals surface area contributed by atoms with Gasteiger partial charge in [0.25, 0.3) is 0 Å². The lowest BCUT2D eigenvalue weighted by atomic mass is 10.1. The summed E-state index contributed by atoms with van der Waals surface area (Å²) in [4.78, 5) is 12.2. The molecule has 1 unspecified atom stereocenters. The molecule has 0 aliphatic heterocycles. The number of hydrogen-bond acceptors (Lipinski definition) is 4. The first-order chi connectivity index (χ1) is 10.2. The maximum Gasteiger partial charge on any atom is 0.209 e. The van der Waals surface area contributed by atoms with Gasteiger partial charge in [-0.15, -0.1) is 0 Å². The van der Waals surface area contributed by atoms with Gasteiger partial charge in [-0.05, 0) is 24.6 Å². The number of nitrogens with two attached hydrogens (primary N) is 1. The summed E-state index contributed by atoms with van der Waals surface area (Å²) < 4.78 is 10.9. The Balaban J connectivity index is 2.11. The maximum atomic E-state index is 12.2. The summed E-state index contributed by atoms with van der Waals surface area (Å²) in [6, 6.07) is 16.8. The topological polar surface area (TPSA) is 61.5 Å². The molecule has 2 rings (SSSR count). The minimum absolute atomic E-state index is 0.277. The lowest BCUT2D eigenvalue weighted by molar-refractivity contribution is 0.0476. The van der Waals surface area contributed by atoms with Crippen molar-refractivity contribution in [2.24, 2.45) is 5.73 Å². The fraction of sp³-hybridized carbons (Fsp3) is 0.235. The SMILES string of the molecule is CCOC(N)C(=O)c1ccccc1OCc1ccccc1. The van der Waals surface area contributed by atoms with E-state index in [2.05, 4.69) is 0 Å². The molecule has 110 valence electrons. The Morgan fingerprint density at radius 1 is 1.10 bits per heavy atom. The third kappa shape index (κ3) is 4.15. The second-order valence-corrected chi connectivity index (χ2v) is 4.51. The maximum absolute atomic E-state index is 12.2. The molecule has 0 heterocycles. The fourth-order valence-electron chi connectivity index (χ4n) is 1.94. The third-order valence-corrected chi connectivity index (χ3v) is 2.99. The minimum Gasteiger partial charge on any atom is -0.488 e. The molecular formula is C17H19NO3. The van der Waals surface area contributed by atoms with E-state index in [9.17, 15) is 4.79 Å². The van der Waals surface area contributed by atoms with Crippen LogP contribution in [0.4, 0.5) is 0 Å². The Labute approximate surface area is 124 Å². The van der Waals surface area contributed by atoms with Gasteiger partial charge in [-0.1, -0.05) is 42.5 Å². The Morgan fingerprint density at radius 3 is 2.48 bits per heavy atom. The van der Waals surface area contributed by atoms with Crippen LogP contribution in [-0.4, -0.2) is 18.6 Å². The van der Waals surface area contributed by atoms with E-state index in [1.54, 1.807) is 25.1 Å². The molecule has 0 saturated carbocycles. The number of ketones is 1. The highest BCUT2D eigenvalue weighted by Crippen LogP contribution is 2.21. The molecule has 0 saturated heterocycles. The minimum atomic E-state index is -0.962. The van der Waals surface area contributed by atoms with Crippen molar-refractivity contribution in [2.75, 3.05) is 6.61 Å². The number of ether oxygens (including phenoxy) is 2. The molecule has 0 fully saturated rings. The molecule has 0 spiro atoms. The molecule has 21 heavy (non-hydrogen) atoms. The molecule has 0 aliphatic carbocycles. The second kappa shape index (κ2) is 7.57. The van der Waals surface area contributed by atoms with E-state index in [1.807, 2.05) is 36.4 Å². The highest BCUT2D eigenvalue weighted by atomic mass is 16.5. The number of Topliss-reactive ketones (excluding diaryl/α,β-unsaturated/α-hetero) is 1. The van der Waals surface area contributed by atoms with Gasteiger partial charge in [0.05, 0.1) is 5.56 Å². The second-order valence-electron chi connectivity index (χ2n) is 4.51. The summed E-state index contributed by atoms with van der Waals surface area (Å²) in [6.07, 6.45) is -0.962. The van der Waals surface area contributed by atoms with Crippen LogP contribution < -0.4 is 10.5 Å². The van der Waals surface area contributed by atoms with Gasteiger partial charge in [-0.25, -0.2) is 0 Å². The molecule has 2 N–H and O–H groups in total. The fourth-order valence-corrected chi connectivity index (χ4v) is 1.94. The van der Waals surface area contributed by atoms with Gasteiger partial charge in [-0.3, -0.25) is 10.5 Å². The number of rotatable bonds is 7. The first-order valence-electron chi connectivity index (χ1n) is 6.89. The van der Waals surface area contributed by atoms with Gasteiger partial charge < -0.3 is 9.47 Å². The number of para-hydroxylation sites is 1. The van der Waals surface area contributed by atoms with Gasteiger partial charge in [0.2, 0.25) is 5.78 Å². The number of hydrogen-bond donors (Lipinski definition) is 1. The summed E-state index contributed by atoms with van der Waals surface area (Å²) in [5, 5.41) is 0. The molecule has 0 aliphatic rings. The smallest absolute Gasteiger partial charge is 0.209 e. The van der Waals surface area contributed by atoms with Gasteiger partial charge in [-0.2, -0.15) is 0 Å². The highest BCUT2D eigenvalue weighted by Gasteiger charge is 2.19. The van der Waals surface area contributed by atoms with Crippen molar-refractivity contribution >= 4 is 5.78 Å². The molecule has 2 aromatic carbocycles. The van der Waals surface area contributed by atoms with Gasteiger partial charge >= 0.3 is 0 Å². The summed E-state index contributed by atoms with van der Waals surface area (Å²) in [5.74, 6) is 0.238. The average molecular weight is 285 g/mol. The molecule has 4 heteroatoms. The molecule has 0 radical (unpaired) electrons. The van der Waals surface area contributed by atoms with Crippen molar-refractivity contribution in [2.45, 2.75) is 19.8 Å². The van der Waals surface area contributed by atoms with Crippen molar-refractivity contribution in [3.63, 3.8) is 0 Å². The van der Waals surface area contributed by atoms with E-state index >= 15 is 0 Å². The van der Waals surface area contributed by atoms with Crippen molar-refractivity contribution in [3.8, 4) is 5.75 Å². The van der Waals surface area contributed by atoms with Crippen LogP contribution in [0.15, 0.2) is 54.6 Å². The number of benzene rings is 2. The van der Waals surface area contributed by atoms with Crippen molar-refractivity contribution in [1.82, 2.24) is 0 Å². The van der Waals surface area contributed by atoms with E-state index in [1.165, 1.54) is 0 Å². The van der Waals surface area contributed by atoms with Crippen LogP contribution in [0.1, 0.15) is 22.8 Å². The molecule has 2 aromatic rings. The predicted octanol–water partition coefficient (Wildman–Crippen LogP) is 2.77. The van der Waals surface area contributed by atoms with Crippen LogP contribution in [0.25, 0.3) is 0 Å². The predicted molar refractivity (Wildman–Crippen MR) is 81.1 cm³/mol. The van der Waals surface area contributed by atoms with Crippen LogP contribution >= 0.6 is 0 Å². The van der Waals surface area contributed by atoms with Gasteiger partial charge in [0.15, 0.2) is 6.23 Å². The zero-order valence-electron chi connectivity index (χ0n) is 12.0. The largest absolute Gasteiger partial charge is 0.488 e. The Morgan fingerprint density at radius 2 is 1.76 bits per heavy atom. The molecular weight excluding hydrogens is 266 g/mol. The van der Waals surface area contributed by atoms with E-state index in [-0.39, 0.29) is 5.78 Å². The van der Waals surface area contributed by atoms with Crippen molar-refractivity contribution in [3.05, 3.63) is 65.7 Å². The van der Waals surface area contributed by atoms with E-state index < -0.39 is 6.23 Å². The van der Waals surface area contributed by atoms with Crippen LogP contribution in [0.5, 0.6) is 5.75 Å². The van der Waals surface area contributed by atoms with E-state index in [0.29, 0.717) is 24.5 Å².